The Bertz CT molecular complexity index is 964. The van der Waals surface area contributed by atoms with Crippen LogP contribution in [-0.2, 0) is 28.3 Å². The first-order valence-electron chi connectivity index (χ1n) is 8.93. The van der Waals surface area contributed by atoms with Crippen LogP contribution in [0.5, 0.6) is 0 Å². The van der Waals surface area contributed by atoms with E-state index in [4.69, 9.17) is 11.5 Å². The fourth-order valence-corrected chi connectivity index (χ4v) is 4.71. The summed E-state index contributed by atoms with van der Waals surface area (Å²) in [5.74, 6) is -1.52. The van der Waals surface area contributed by atoms with Gasteiger partial charge in [-0.1, -0.05) is 37.6 Å². The van der Waals surface area contributed by atoms with Gasteiger partial charge in [-0.15, -0.1) is 0 Å². The van der Waals surface area contributed by atoms with Gasteiger partial charge < -0.3 is 16.0 Å². The molecular weight excluding hydrogens is 380 g/mol. The molecule has 2 aromatic rings. The van der Waals surface area contributed by atoms with Gasteiger partial charge in [-0.05, 0) is 30.5 Å². The number of carbonyl (C=O) groups excluding carboxylic acids is 2. The maximum atomic E-state index is 13.2. The summed E-state index contributed by atoms with van der Waals surface area (Å²) in [6.45, 7) is 3.28. The summed E-state index contributed by atoms with van der Waals surface area (Å²) in [5.41, 5.74) is 12.5. The highest BCUT2D eigenvalue weighted by Gasteiger charge is 2.32. The molecule has 0 radical (unpaired) electrons. The van der Waals surface area contributed by atoms with Crippen LogP contribution >= 0.6 is 0 Å². The quantitative estimate of drug-likeness (QED) is 0.650. The number of carbonyl (C=O) groups is 2. The van der Waals surface area contributed by atoms with Gasteiger partial charge in [0, 0.05) is 19.3 Å². The summed E-state index contributed by atoms with van der Waals surface area (Å²) in [6.07, 6.45) is 3.23. The molecule has 0 aliphatic heterocycles. The molecule has 0 spiro atoms. The lowest BCUT2D eigenvalue weighted by Gasteiger charge is -2.27. The topological polar surface area (TPSA) is 128 Å². The fraction of sp³-hybridized carbons (Fsp3) is 0.368. The van der Waals surface area contributed by atoms with Crippen molar-refractivity contribution in [2.45, 2.75) is 37.6 Å². The fourth-order valence-electron chi connectivity index (χ4n) is 3.06. The summed E-state index contributed by atoms with van der Waals surface area (Å²) < 4.78 is 28.8. The third kappa shape index (κ3) is 4.60. The molecule has 1 unspecified atom stereocenters. The molecule has 0 saturated carbocycles. The van der Waals surface area contributed by atoms with E-state index in [0.29, 0.717) is 0 Å². The Morgan fingerprint density at radius 2 is 1.79 bits per heavy atom. The van der Waals surface area contributed by atoms with E-state index in [1.165, 1.54) is 23.9 Å². The normalized spacial score (nSPS) is 12.9. The smallest absolute Gasteiger partial charge is 0.265 e. The standard InChI is InChI=1S/C19H26N4O4S/c1-4-5-14-6-8-15(9-7-14)13(2)23(12-18(20)24)28(26,27)16-10-17(19(21)25)22(3)11-16/h6-11,13H,4-5,12H2,1-3H3,(H2,20,24)(H2,21,25). The van der Waals surface area contributed by atoms with E-state index in [9.17, 15) is 18.0 Å². The van der Waals surface area contributed by atoms with Gasteiger partial charge in [-0.2, -0.15) is 4.31 Å². The lowest BCUT2D eigenvalue weighted by molar-refractivity contribution is -0.118. The number of nitrogens with zero attached hydrogens (tertiary/aromatic N) is 2. The van der Waals surface area contributed by atoms with Gasteiger partial charge in [0.15, 0.2) is 0 Å². The van der Waals surface area contributed by atoms with E-state index < -0.39 is 34.4 Å². The summed E-state index contributed by atoms with van der Waals surface area (Å²) in [5, 5.41) is 0. The number of aromatic nitrogens is 1. The molecule has 1 aromatic heterocycles. The van der Waals surface area contributed by atoms with Gasteiger partial charge in [-0.3, -0.25) is 9.59 Å². The Balaban J connectivity index is 2.45. The molecule has 1 atom stereocenters. The SMILES string of the molecule is CCCc1ccc(C(C)N(CC(N)=O)S(=O)(=O)c2cc(C(N)=O)n(C)c2)cc1. The minimum absolute atomic E-state index is 0.0502. The predicted molar refractivity (Wildman–Crippen MR) is 106 cm³/mol. The maximum Gasteiger partial charge on any atom is 0.265 e. The Kier molecular flexibility index (Phi) is 6.63. The molecule has 1 aromatic carbocycles. The first-order chi connectivity index (χ1) is 13.1. The number of hydrogen-bond donors (Lipinski definition) is 2. The van der Waals surface area contributed by atoms with E-state index >= 15 is 0 Å². The molecule has 9 heteroatoms. The largest absolute Gasteiger partial charge is 0.369 e. The third-order valence-corrected chi connectivity index (χ3v) is 6.47. The molecule has 0 bridgehead atoms. The van der Waals surface area contributed by atoms with Crippen molar-refractivity contribution >= 4 is 21.8 Å². The minimum atomic E-state index is -4.10. The zero-order chi connectivity index (χ0) is 21.1. The number of hydrogen-bond acceptors (Lipinski definition) is 4. The number of primary amides is 2. The molecule has 28 heavy (non-hydrogen) atoms. The van der Waals surface area contributed by atoms with Crippen molar-refractivity contribution < 1.29 is 18.0 Å². The van der Waals surface area contributed by atoms with E-state index in [2.05, 4.69) is 6.92 Å². The highest BCUT2D eigenvalue weighted by atomic mass is 32.2. The molecule has 4 N–H and O–H groups in total. The maximum absolute atomic E-state index is 13.2. The first kappa shape index (κ1) is 21.6. The van der Waals surface area contributed by atoms with Crippen molar-refractivity contribution in [3.63, 3.8) is 0 Å². The van der Waals surface area contributed by atoms with E-state index in [-0.39, 0.29) is 10.6 Å². The monoisotopic (exact) mass is 406 g/mol. The van der Waals surface area contributed by atoms with Crippen LogP contribution in [0.4, 0.5) is 0 Å². The number of sulfonamides is 1. The van der Waals surface area contributed by atoms with E-state index in [0.717, 1.165) is 28.3 Å². The Labute approximate surface area is 165 Å². The third-order valence-electron chi connectivity index (χ3n) is 4.58. The summed E-state index contributed by atoms with van der Waals surface area (Å²) >= 11 is 0. The average molecular weight is 407 g/mol. The number of amides is 2. The zero-order valence-electron chi connectivity index (χ0n) is 16.3. The first-order valence-corrected chi connectivity index (χ1v) is 10.4. The van der Waals surface area contributed by atoms with Gasteiger partial charge in [0.1, 0.15) is 10.6 Å². The molecular formula is C19H26N4O4S. The molecule has 152 valence electrons. The molecule has 2 amide bonds. The minimum Gasteiger partial charge on any atom is -0.369 e. The van der Waals surface area contributed by atoms with Gasteiger partial charge >= 0.3 is 0 Å². The van der Waals surface area contributed by atoms with Crippen molar-refractivity contribution in [3.05, 3.63) is 53.3 Å². The van der Waals surface area contributed by atoms with Crippen LogP contribution in [0.25, 0.3) is 0 Å². The van der Waals surface area contributed by atoms with Crippen molar-refractivity contribution in [2.75, 3.05) is 6.54 Å². The van der Waals surface area contributed by atoms with Gasteiger partial charge in [0.2, 0.25) is 15.9 Å². The molecule has 1 heterocycles. The second-order valence-electron chi connectivity index (χ2n) is 6.72. The van der Waals surface area contributed by atoms with Crippen LogP contribution in [0, 0.1) is 0 Å². The molecule has 0 fully saturated rings. The number of rotatable bonds is 9. The van der Waals surface area contributed by atoms with Crippen LogP contribution in [0.15, 0.2) is 41.4 Å². The number of nitrogens with two attached hydrogens (primary N) is 2. The van der Waals surface area contributed by atoms with Crippen LogP contribution in [0.2, 0.25) is 0 Å². The van der Waals surface area contributed by atoms with E-state index in [1.54, 1.807) is 6.92 Å². The lowest BCUT2D eigenvalue weighted by atomic mass is 10.0. The lowest BCUT2D eigenvalue weighted by Crippen LogP contribution is -2.40. The highest BCUT2D eigenvalue weighted by molar-refractivity contribution is 7.89. The molecule has 2 rings (SSSR count). The average Bonchev–Trinajstić information content (AvgIpc) is 3.03. The zero-order valence-corrected chi connectivity index (χ0v) is 17.1. The van der Waals surface area contributed by atoms with Crippen LogP contribution in [-0.4, -0.2) is 35.6 Å². The van der Waals surface area contributed by atoms with Crippen molar-refractivity contribution in [3.8, 4) is 0 Å². The molecule has 0 saturated heterocycles. The van der Waals surface area contributed by atoms with Crippen molar-refractivity contribution in [1.82, 2.24) is 8.87 Å². The van der Waals surface area contributed by atoms with Crippen LogP contribution in [0.1, 0.15) is 47.9 Å². The Morgan fingerprint density at radius 1 is 1.18 bits per heavy atom. The second kappa shape index (κ2) is 8.57. The van der Waals surface area contributed by atoms with E-state index in [1.807, 2.05) is 24.3 Å². The summed E-state index contributed by atoms with van der Waals surface area (Å²) in [4.78, 5) is 22.9. The Hall–Kier alpha value is -2.65. The Morgan fingerprint density at radius 3 is 2.25 bits per heavy atom. The van der Waals surface area contributed by atoms with Crippen LogP contribution in [0.3, 0.4) is 0 Å². The van der Waals surface area contributed by atoms with Gasteiger partial charge in [0.25, 0.3) is 5.91 Å². The van der Waals surface area contributed by atoms with Crippen LogP contribution < -0.4 is 11.5 Å². The highest BCUT2D eigenvalue weighted by Crippen LogP contribution is 2.28. The van der Waals surface area contributed by atoms with Crippen molar-refractivity contribution in [1.29, 1.82) is 0 Å². The van der Waals surface area contributed by atoms with Crippen molar-refractivity contribution in [2.24, 2.45) is 18.5 Å². The predicted octanol–water partition coefficient (Wildman–Crippen LogP) is 1.31. The summed E-state index contributed by atoms with van der Waals surface area (Å²) in [6, 6.07) is 8.14. The summed E-state index contributed by atoms with van der Waals surface area (Å²) in [7, 11) is -2.57. The number of benzene rings is 1. The number of aryl methyl sites for hydroxylation is 2. The molecule has 0 aliphatic carbocycles. The van der Waals surface area contributed by atoms with Gasteiger partial charge in [0.05, 0.1) is 6.54 Å². The molecule has 0 aliphatic rings. The van der Waals surface area contributed by atoms with Gasteiger partial charge in [-0.25, -0.2) is 8.42 Å². The molecule has 8 nitrogen and oxygen atoms in total. The second-order valence-corrected chi connectivity index (χ2v) is 8.61.